The Kier molecular flexibility index (Phi) is 4.15. The van der Waals surface area contributed by atoms with Crippen LogP contribution in [0.5, 0.6) is 0 Å². The van der Waals surface area contributed by atoms with E-state index in [9.17, 15) is 5.11 Å². The number of nitrogens with one attached hydrogen (secondary N) is 1. The van der Waals surface area contributed by atoms with Crippen LogP contribution in [0.4, 0.5) is 0 Å². The Balaban J connectivity index is 1.74. The van der Waals surface area contributed by atoms with Crippen LogP contribution in [0.1, 0.15) is 24.3 Å². The lowest BCUT2D eigenvalue weighted by molar-refractivity contribution is 0.0284. The highest BCUT2D eigenvalue weighted by molar-refractivity contribution is 7.09. The molecule has 1 atom stereocenters. The van der Waals surface area contributed by atoms with Crippen molar-refractivity contribution in [3.63, 3.8) is 0 Å². The van der Waals surface area contributed by atoms with Gasteiger partial charge in [-0.25, -0.2) is 4.98 Å². The highest BCUT2D eigenvalue weighted by atomic mass is 32.1. The minimum absolute atomic E-state index is 0.588. The Bertz CT molecular complexity index is 545. The normalized spacial score (nSPS) is 23.4. The number of rotatable bonds is 3. The monoisotopic (exact) mass is 288 g/mol. The number of benzene rings is 1. The zero-order chi connectivity index (χ0) is 13.8. The van der Waals surface area contributed by atoms with E-state index in [0.717, 1.165) is 48.6 Å². The second-order valence-corrected chi connectivity index (χ2v) is 6.44. The standard InChI is InChI=1S/C16H20N2OS/c19-16(7-4-9-17-10-8-16)11-15-18-14(12-20-15)13-5-2-1-3-6-13/h1-3,5-6,12,17,19H,4,7-11H2. The van der Waals surface area contributed by atoms with Crippen molar-refractivity contribution in [3.05, 3.63) is 40.7 Å². The molecule has 0 aliphatic carbocycles. The summed E-state index contributed by atoms with van der Waals surface area (Å²) in [5.74, 6) is 0. The molecular formula is C16H20N2OS. The molecule has 1 aromatic carbocycles. The van der Waals surface area contributed by atoms with Crippen molar-refractivity contribution in [3.8, 4) is 11.3 Å². The Morgan fingerprint density at radius 2 is 2.05 bits per heavy atom. The van der Waals surface area contributed by atoms with E-state index in [1.807, 2.05) is 18.2 Å². The molecule has 0 bridgehead atoms. The van der Waals surface area contributed by atoms with Gasteiger partial charge in [0.25, 0.3) is 0 Å². The number of thiazole rings is 1. The first-order valence-electron chi connectivity index (χ1n) is 7.18. The zero-order valence-corrected chi connectivity index (χ0v) is 12.3. The van der Waals surface area contributed by atoms with Gasteiger partial charge >= 0.3 is 0 Å². The predicted octanol–water partition coefficient (Wildman–Crippen LogP) is 2.86. The van der Waals surface area contributed by atoms with Crippen LogP contribution in [-0.4, -0.2) is 28.8 Å². The van der Waals surface area contributed by atoms with Gasteiger partial charge in [-0.3, -0.25) is 0 Å². The van der Waals surface area contributed by atoms with Crippen LogP contribution in [0.2, 0.25) is 0 Å². The summed E-state index contributed by atoms with van der Waals surface area (Å²) in [5, 5.41) is 17.2. The molecule has 1 aliphatic rings. The lowest BCUT2D eigenvalue weighted by Crippen LogP contribution is -2.32. The van der Waals surface area contributed by atoms with Crippen molar-refractivity contribution in [1.29, 1.82) is 0 Å². The van der Waals surface area contributed by atoms with E-state index in [4.69, 9.17) is 0 Å². The van der Waals surface area contributed by atoms with E-state index < -0.39 is 5.60 Å². The van der Waals surface area contributed by atoms with E-state index in [1.54, 1.807) is 11.3 Å². The van der Waals surface area contributed by atoms with E-state index in [1.165, 1.54) is 0 Å². The number of nitrogens with zero attached hydrogens (tertiary/aromatic N) is 1. The highest BCUT2D eigenvalue weighted by Crippen LogP contribution is 2.28. The molecule has 0 radical (unpaired) electrons. The first-order chi connectivity index (χ1) is 9.75. The van der Waals surface area contributed by atoms with Crippen molar-refractivity contribution in [2.24, 2.45) is 0 Å². The Labute approximate surface area is 123 Å². The second-order valence-electron chi connectivity index (χ2n) is 5.50. The van der Waals surface area contributed by atoms with Crippen LogP contribution in [0.3, 0.4) is 0 Å². The summed E-state index contributed by atoms with van der Waals surface area (Å²) < 4.78 is 0. The third kappa shape index (κ3) is 3.26. The smallest absolute Gasteiger partial charge is 0.0961 e. The summed E-state index contributed by atoms with van der Waals surface area (Å²) >= 11 is 1.65. The van der Waals surface area contributed by atoms with E-state index in [0.29, 0.717) is 6.42 Å². The van der Waals surface area contributed by atoms with Crippen molar-refractivity contribution >= 4 is 11.3 Å². The van der Waals surface area contributed by atoms with Gasteiger partial charge in [0.2, 0.25) is 0 Å². The number of hydrogen-bond donors (Lipinski definition) is 2. The molecule has 3 nitrogen and oxygen atoms in total. The quantitative estimate of drug-likeness (QED) is 0.913. The van der Waals surface area contributed by atoms with Gasteiger partial charge in [-0.1, -0.05) is 30.3 Å². The van der Waals surface area contributed by atoms with Crippen LogP contribution < -0.4 is 5.32 Å². The van der Waals surface area contributed by atoms with E-state index in [2.05, 4.69) is 27.8 Å². The average Bonchev–Trinajstić information content (AvgIpc) is 2.81. The molecule has 1 saturated heterocycles. The number of hydrogen-bond acceptors (Lipinski definition) is 4. The summed E-state index contributed by atoms with van der Waals surface area (Å²) in [6.07, 6.45) is 3.38. The molecule has 106 valence electrons. The Hall–Kier alpha value is -1.23. The molecule has 20 heavy (non-hydrogen) atoms. The summed E-state index contributed by atoms with van der Waals surface area (Å²) in [6, 6.07) is 10.2. The van der Waals surface area contributed by atoms with Gasteiger partial charge < -0.3 is 10.4 Å². The van der Waals surface area contributed by atoms with Gasteiger partial charge in [0.05, 0.1) is 16.3 Å². The topological polar surface area (TPSA) is 45.2 Å². The maximum absolute atomic E-state index is 10.7. The summed E-state index contributed by atoms with van der Waals surface area (Å²) in [6.45, 7) is 1.91. The zero-order valence-electron chi connectivity index (χ0n) is 11.5. The van der Waals surface area contributed by atoms with Crippen LogP contribution in [-0.2, 0) is 6.42 Å². The second kappa shape index (κ2) is 6.04. The lowest BCUT2D eigenvalue weighted by atomic mass is 9.91. The van der Waals surface area contributed by atoms with Crippen LogP contribution in [0.25, 0.3) is 11.3 Å². The fourth-order valence-electron chi connectivity index (χ4n) is 2.71. The van der Waals surface area contributed by atoms with E-state index in [-0.39, 0.29) is 0 Å². The van der Waals surface area contributed by atoms with Crippen LogP contribution >= 0.6 is 11.3 Å². The van der Waals surface area contributed by atoms with Crippen molar-refractivity contribution in [2.75, 3.05) is 13.1 Å². The first-order valence-corrected chi connectivity index (χ1v) is 8.06. The molecule has 4 heteroatoms. The highest BCUT2D eigenvalue weighted by Gasteiger charge is 2.29. The van der Waals surface area contributed by atoms with Crippen molar-refractivity contribution in [1.82, 2.24) is 10.3 Å². The molecule has 2 N–H and O–H groups in total. The molecular weight excluding hydrogens is 268 g/mol. The fourth-order valence-corrected chi connectivity index (χ4v) is 3.64. The first kappa shape index (κ1) is 13.7. The molecule has 2 heterocycles. The van der Waals surface area contributed by atoms with Crippen LogP contribution in [0, 0.1) is 0 Å². The number of aromatic nitrogens is 1. The van der Waals surface area contributed by atoms with Gasteiger partial charge in [-0.15, -0.1) is 11.3 Å². The molecule has 1 aliphatic heterocycles. The maximum Gasteiger partial charge on any atom is 0.0961 e. The summed E-state index contributed by atoms with van der Waals surface area (Å²) in [4.78, 5) is 4.69. The molecule has 1 unspecified atom stereocenters. The fraction of sp³-hybridized carbons (Fsp3) is 0.438. The predicted molar refractivity (Wildman–Crippen MR) is 82.9 cm³/mol. The molecule has 0 saturated carbocycles. The third-order valence-corrected chi connectivity index (χ3v) is 4.71. The molecule has 0 spiro atoms. The molecule has 3 rings (SSSR count). The maximum atomic E-state index is 10.7. The SMILES string of the molecule is OC1(Cc2nc(-c3ccccc3)cs2)CCCNCC1. The van der Waals surface area contributed by atoms with Crippen molar-refractivity contribution < 1.29 is 5.11 Å². The van der Waals surface area contributed by atoms with Gasteiger partial charge in [0.1, 0.15) is 0 Å². The molecule has 2 aromatic rings. The van der Waals surface area contributed by atoms with Gasteiger partial charge in [0, 0.05) is 17.4 Å². The molecule has 0 amide bonds. The summed E-state index contributed by atoms with van der Waals surface area (Å²) in [5.41, 5.74) is 1.57. The third-order valence-electron chi connectivity index (χ3n) is 3.86. The summed E-state index contributed by atoms with van der Waals surface area (Å²) in [7, 11) is 0. The lowest BCUT2D eigenvalue weighted by Gasteiger charge is -2.24. The average molecular weight is 288 g/mol. The minimum atomic E-state index is -0.588. The molecule has 1 aromatic heterocycles. The Morgan fingerprint density at radius 1 is 1.20 bits per heavy atom. The largest absolute Gasteiger partial charge is 0.389 e. The number of aliphatic hydroxyl groups is 1. The van der Waals surface area contributed by atoms with Gasteiger partial charge in [0.15, 0.2) is 0 Å². The van der Waals surface area contributed by atoms with E-state index >= 15 is 0 Å². The van der Waals surface area contributed by atoms with Crippen molar-refractivity contribution in [2.45, 2.75) is 31.3 Å². The Morgan fingerprint density at radius 3 is 2.90 bits per heavy atom. The van der Waals surface area contributed by atoms with Gasteiger partial charge in [-0.05, 0) is 32.4 Å². The van der Waals surface area contributed by atoms with Gasteiger partial charge in [-0.2, -0.15) is 0 Å². The van der Waals surface area contributed by atoms with Crippen LogP contribution in [0.15, 0.2) is 35.7 Å². The minimum Gasteiger partial charge on any atom is -0.389 e. The molecule has 1 fully saturated rings.